The first-order chi connectivity index (χ1) is 8.83. The van der Waals surface area contributed by atoms with Gasteiger partial charge in [0.25, 0.3) is 0 Å². The first kappa shape index (κ1) is 12.4. The number of hydrogen-bond acceptors (Lipinski definition) is 2. The molecule has 2 heterocycles. The molecule has 1 nitrogen and oxygen atoms in total. The molecular weight excluding hydrogens is 306 g/mol. The largest absolute Gasteiger partial charge is 0.298 e. The van der Waals surface area contributed by atoms with Gasteiger partial charge in [0, 0.05) is 22.4 Å². The van der Waals surface area contributed by atoms with Crippen molar-refractivity contribution in [2.24, 2.45) is 0 Å². The molecule has 3 rings (SSSR count). The van der Waals surface area contributed by atoms with Gasteiger partial charge in [-0.25, -0.2) is 0 Å². The molecule has 1 aromatic heterocycles. The van der Waals surface area contributed by atoms with Gasteiger partial charge < -0.3 is 0 Å². The molecule has 0 saturated carbocycles. The lowest BCUT2D eigenvalue weighted by Crippen LogP contribution is -2.19. The van der Waals surface area contributed by atoms with E-state index in [4.69, 9.17) is 0 Å². The second kappa shape index (κ2) is 5.55. The lowest BCUT2D eigenvalue weighted by Gasteiger charge is -2.15. The van der Waals surface area contributed by atoms with Crippen LogP contribution in [0.3, 0.4) is 0 Å². The molecule has 0 radical (unpaired) electrons. The van der Waals surface area contributed by atoms with E-state index >= 15 is 0 Å². The summed E-state index contributed by atoms with van der Waals surface area (Å²) in [7, 11) is 0. The normalized spacial score (nSPS) is 20.4. The minimum atomic E-state index is 0.713. The molecule has 1 aromatic carbocycles. The summed E-state index contributed by atoms with van der Waals surface area (Å²) in [5.74, 6) is 0.713. The molecule has 1 aliphatic rings. The molecule has 0 amide bonds. The van der Waals surface area contributed by atoms with Gasteiger partial charge in [0.2, 0.25) is 0 Å². The summed E-state index contributed by atoms with van der Waals surface area (Å²) in [6.07, 6.45) is 1.28. The molecule has 1 aliphatic heterocycles. The summed E-state index contributed by atoms with van der Waals surface area (Å²) in [5, 5.41) is 2.16. The average molecular weight is 322 g/mol. The molecule has 0 N–H and O–H groups in total. The molecule has 1 unspecified atom stereocenters. The third-order valence-corrected chi connectivity index (χ3v) is 5.51. The van der Waals surface area contributed by atoms with E-state index in [0.717, 1.165) is 6.54 Å². The summed E-state index contributed by atoms with van der Waals surface area (Å²) in [5.41, 5.74) is 1.49. The third-order valence-electron chi connectivity index (χ3n) is 3.60. The van der Waals surface area contributed by atoms with Gasteiger partial charge in [0.1, 0.15) is 0 Å². The van der Waals surface area contributed by atoms with E-state index in [1.165, 1.54) is 34.4 Å². The monoisotopic (exact) mass is 321 g/mol. The predicted octanol–water partition coefficient (Wildman–Crippen LogP) is 4.50. The van der Waals surface area contributed by atoms with Crippen molar-refractivity contribution in [2.45, 2.75) is 18.9 Å². The van der Waals surface area contributed by atoms with Crippen molar-refractivity contribution < 1.29 is 0 Å². The molecule has 0 bridgehead atoms. The maximum Gasteiger partial charge on any atom is 0.0339 e. The van der Waals surface area contributed by atoms with Crippen LogP contribution in [0, 0.1) is 0 Å². The van der Waals surface area contributed by atoms with E-state index in [1.807, 2.05) is 11.3 Å². The number of benzene rings is 1. The van der Waals surface area contributed by atoms with Gasteiger partial charge >= 0.3 is 0 Å². The number of hydrogen-bond donors (Lipinski definition) is 0. The van der Waals surface area contributed by atoms with Crippen LogP contribution in [0.15, 0.2) is 46.3 Å². The van der Waals surface area contributed by atoms with Gasteiger partial charge in [-0.3, -0.25) is 4.90 Å². The van der Waals surface area contributed by atoms with Gasteiger partial charge in [0.05, 0.1) is 0 Å². The highest BCUT2D eigenvalue weighted by Gasteiger charge is 2.24. The molecule has 2 aromatic rings. The van der Waals surface area contributed by atoms with Crippen molar-refractivity contribution in [3.05, 3.63) is 56.7 Å². The molecule has 1 atom stereocenters. The van der Waals surface area contributed by atoms with Crippen LogP contribution < -0.4 is 0 Å². The highest BCUT2D eigenvalue weighted by atomic mass is 79.9. The Kier molecular flexibility index (Phi) is 3.83. The van der Waals surface area contributed by atoms with E-state index in [2.05, 4.69) is 62.6 Å². The average Bonchev–Trinajstić information content (AvgIpc) is 3.02. The van der Waals surface area contributed by atoms with E-state index in [1.54, 1.807) is 0 Å². The first-order valence-corrected chi connectivity index (χ1v) is 7.99. The Balaban J connectivity index is 1.64. The minimum absolute atomic E-state index is 0.713. The smallest absolute Gasteiger partial charge is 0.0339 e. The Hall–Kier alpha value is -0.640. The standard InChI is InChI=1S/C15H16BrNS/c16-14-7-9-18-15(14)11-17-8-6-13(10-17)12-4-2-1-3-5-12/h1-5,7,9,13H,6,8,10-11H2. The van der Waals surface area contributed by atoms with Crippen molar-refractivity contribution in [1.29, 1.82) is 0 Å². The second-order valence-electron chi connectivity index (χ2n) is 4.82. The SMILES string of the molecule is Brc1ccsc1CN1CCC(c2ccccc2)C1. The zero-order valence-corrected chi connectivity index (χ0v) is 12.6. The van der Waals surface area contributed by atoms with Crippen LogP contribution in [-0.2, 0) is 6.54 Å². The van der Waals surface area contributed by atoms with E-state index < -0.39 is 0 Å². The number of likely N-dealkylation sites (tertiary alicyclic amines) is 1. The maximum atomic E-state index is 3.62. The fourth-order valence-corrected chi connectivity index (χ4v) is 4.13. The van der Waals surface area contributed by atoms with Crippen LogP contribution >= 0.6 is 27.3 Å². The first-order valence-electron chi connectivity index (χ1n) is 6.32. The van der Waals surface area contributed by atoms with E-state index in [-0.39, 0.29) is 0 Å². The molecule has 1 fully saturated rings. The Morgan fingerprint density at radius 3 is 2.78 bits per heavy atom. The van der Waals surface area contributed by atoms with Crippen molar-refractivity contribution in [1.82, 2.24) is 4.90 Å². The minimum Gasteiger partial charge on any atom is -0.298 e. The highest BCUT2D eigenvalue weighted by Crippen LogP contribution is 2.30. The number of nitrogens with zero attached hydrogens (tertiary/aromatic N) is 1. The summed E-state index contributed by atoms with van der Waals surface area (Å²) in [4.78, 5) is 4.01. The van der Waals surface area contributed by atoms with E-state index in [0.29, 0.717) is 5.92 Å². The quantitative estimate of drug-likeness (QED) is 0.804. The second-order valence-corrected chi connectivity index (χ2v) is 6.68. The van der Waals surface area contributed by atoms with Gasteiger partial charge in [-0.05, 0) is 51.8 Å². The lowest BCUT2D eigenvalue weighted by atomic mass is 9.99. The van der Waals surface area contributed by atoms with Crippen LogP contribution in [-0.4, -0.2) is 18.0 Å². The Labute approximate surface area is 121 Å². The fraction of sp³-hybridized carbons (Fsp3) is 0.333. The molecule has 3 heteroatoms. The van der Waals surface area contributed by atoms with Crippen molar-refractivity contribution in [3.8, 4) is 0 Å². The van der Waals surface area contributed by atoms with Crippen LogP contribution in [0.1, 0.15) is 22.8 Å². The Morgan fingerprint density at radius 2 is 2.06 bits per heavy atom. The van der Waals surface area contributed by atoms with Crippen molar-refractivity contribution in [2.75, 3.05) is 13.1 Å². The van der Waals surface area contributed by atoms with Crippen LogP contribution in [0.4, 0.5) is 0 Å². The van der Waals surface area contributed by atoms with Crippen LogP contribution in [0.2, 0.25) is 0 Å². The topological polar surface area (TPSA) is 3.24 Å². The van der Waals surface area contributed by atoms with Gasteiger partial charge in [-0.2, -0.15) is 0 Å². The number of halogens is 1. The van der Waals surface area contributed by atoms with Gasteiger partial charge in [0.15, 0.2) is 0 Å². The van der Waals surface area contributed by atoms with Crippen LogP contribution in [0.25, 0.3) is 0 Å². The summed E-state index contributed by atoms with van der Waals surface area (Å²) in [6, 6.07) is 13.1. The summed E-state index contributed by atoms with van der Waals surface area (Å²) >= 11 is 5.46. The highest BCUT2D eigenvalue weighted by molar-refractivity contribution is 9.10. The zero-order chi connectivity index (χ0) is 12.4. The Morgan fingerprint density at radius 1 is 1.22 bits per heavy atom. The van der Waals surface area contributed by atoms with Crippen molar-refractivity contribution >= 4 is 27.3 Å². The van der Waals surface area contributed by atoms with E-state index in [9.17, 15) is 0 Å². The Bertz CT molecular complexity index is 508. The third kappa shape index (κ3) is 2.68. The molecule has 1 saturated heterocycles. The van der Waals surface area contributed by atoms with Crippen LogP contribution in [0.5, 0.6) is 0 Å². The summed E-state index contributed by atoms with van der Waals surface area (Å²) in [6.45, 7) is 3.49. The molecule has 0 spiro atoms. The molecular formula is C15H16BrNS. The lowest BCUT2D eigenvalue weighted by molar-refractivity contribution is 0.329. The maximum absolute atomic E-state index is 3.62. The summed E-state index contributed by atoms with van der Waals surface area (Å²) < 4.78 is 1.26. The number of rotatable bonds is 3. The number of thiophene rings is 1. The van der Waals surface area contributed by atoms with Crippen molar-refractivity contribution in [3.63, 3.8) is 0 Å². The zero-order valence-electron chi connectivity index (χ0n) is 10.2. The predicted molar refractivity (Wildman–Crippen MR) is 81.1 cm³/mol. The molecule has 0 aliphatic carbocycles. The van der Waals surface area contributed by atoms with Gasteiger partial charge in [-0.15, -0.1) is 11.3 Å². The molecule has 94 valence electrons. The molecule has 18 heavy (non-hydrogen) atoms. The van der Waals surface area contributed by atoms with Gasteiger partial charge in [-0.1, -0.05) is 30.3 Å². The fourth-order valence-electron chi connectivity index (χ4n) is 2.61.